The van der Waals surface area contributed by atoms with Crippen molar-refractivity contribution >= 4 is 11.9 Å². The van der Waals surface area contributed by atoms with E-state index in [4.69, 9.17) is 14.2 Å². The summed E-state index contributed by atoms with van der Waals surface area (Å²) >= 11 is 0. The van der Waals surface area contributed by atoms with E-state index in [1.165, 1.54) is 7.11 Å². The second-order valence-corrected chi connectivity index (χ2v) is 6.46. The Balaban J connectivity index is 1.66. The number of hydrogen-bond acceptors (Lipinski definition) is 5. The third-order valence-electron chi connectivity index (χ3n) is 4.68. The molecule has 3 aliphatic heterocycles. The molecule has 0 radical (unpaired) electrons. The average Bonchev–Trinajstić information content (AvgIpc) is 3.11. The summed E-state index contributed by atoms with van der Waals surface area (Å²) < 4.78 is 16.3. The maximum absolute atomic E-state index is 12.7. The zero-order valence-corrected chi connectivity index (χ0v) is 13.3. The van der Waals surface area contributed by atoms with E-state index in [0.29, 0.717) is 19.7 Å². The molecule has 122 valence electrons. The van der Waals surface area contributed by atoms with E-state index in [1.807, 2.05) is 26.0 Å². The molecule has 0 aromatic carbocycles. The van der Waals surface area contributed by atoms with Crippen LogP contribution in [0.5, 0.6) is 0 Å². The van der Waals surface area contributed by atoms with Crippen LogP contribution in [-0.4, -0.2) is 61.4 Å². The maximum Gasteiger partial charge on any atom is 0.312 e. The van der Waals surface area contributed by atoms with Crippen molar-refractivity contribution in [2.75, 3.05) is 26.8 Å². The third kappa shape index (κ3) is 2.34. The minimum Gasteiger partial charge on any atom is -0.469 e. The quantitative estimate of drug-likeness (QED) is 0.412. The highest BCUT2D eigenvalue weighted by Gasteiger charge is 2.67. The monoisotopic (exact) mass is 309 g/mol. The summed E-state index contributed by atoms with van der Waals surface area (Å²) in [5.41, 5.74) is -0.639. The lowest BCUT2D eigenvalue weighted by atomic mass is 9.77. The summed E-state index contributed by atoms with van der Waals surface area (Å²) in [5.74, 6) is -1.33. The van der Waals surface area contributed by atoms with Crippen LogP contribution in [0, 0.1) is 11.8 Å². The Morgan fingerprint density at radius 2 is 2.32 bits per heavy atom. The molecule has 3 rings (SSSR count). The molecule has 0 N–H and O–H groups in total. The van der Waals surface area contributed by atoms with Gasteiger partial charge in [-0.15, -0.1) is 0 Å². The topological polar surface area (TPSA) is 65.1 Å². The maximum atomic E-state index is 12.7. The normalized spacial score (nSPS) is 35.5. The first-order chi connectivity index (χ1) is 10.5. The Morgan fingerprint density at radius 1 is 1.55 bits per heavy atom. The summed E-state index contributed by atoms with van der Waals surface area (Å²) in [6.45, 7) is 5.74. The van der Waals surface area contributed by atoms with Gasteiger partial charge in [-0.2, -0.15) is 0 Å². The third-order valence-corrected chi connectivity index (χ3v) is 4.68. The predicted molar refractivity (Wildman–Crippen MR) is 78.0 cm³/mol. The summed E-state index contributed by atoms with van der Waals surface area (Å²) in [6.07, 6.45) is 4.48. The minimum absolute atomic E-state index is 0.00760. The van der Waals surface area contributed by atoms with Crippen molar-refractivity contribution in [3.63, 3.8) is 0 Å². The number of rotatable bonds is 6. The van der Waals surface area contributed by atoms with Crippen LogP contribution in [0.25, 0.3) is 0 Å². The number of carbonyl (C=O) groups is 2. The molecule has 0 unspecified atom stereocenters. The Hall–Kier alpha value is -1.40. The molecule has 0 saturated carbocycles. The number of methoxy groups -OCH3 is 1. The van der Waals surface area contributed by atoms with Crippen LogP contribution in [0.15, 0.2) is 12.2 Å². The second kappa shape index (κ2) is 5.66. The van der Waals surface area contributed by atoms with Crippen molar-refractivity contribution in [3.05, 3.63) is 12.2 Å². The molecule has 2 fully saturated rings. The molecular formula is C16H23NO5. The summed E-state index contributed by atoms with van der Waals surface area (Å²) in [4.78, 5) is 26.5. The van der Waals surface area contributed by atoms with Crippen LogP contribution >= 0.6 is 0 Å². The number of esters is 1. The van der Waals surface area contributed by atoms with Crippen LogP contribution in [0.1, 0.15) is 20.3 Å². The number of amides is 1. The highest BCUT2D eigenvalue weighted by Crippen LogP contribution is 2.52. The van der Waals surface area contributed by atoms with Gasteiger partial charge in [-0.1, -0.05) is 12.2 Å². The molecule has 1 spiro atoms. The molecule has 3 heterocycles. The lowest BCUT2D eigenvalue weighted by Crippen LogP contribution is -2.39. The molecular weight excluding hydrogens is 286 g/mol. The van der Waals surface area contributed by atoms with Gasteiger partial charge in [0, 0.05) is 13.2 Å². The van der Waals surface area contributed by atoms with E-state index in [9.17, 15) is 9.59 Å². The Bertz CT molecular complexity index is 503. The fourth-order valence-electron chi connectivity index (χ4n) is 3.75. The van der Waals surface area contributed by atoms with Crippen LogP contribution < -0.4 is 0 Å². The smallest absolute Gasteiger partial charge is 0.312 e. The van der Waals surface area contributed by atoms with Crippen molar-refractivity contribution in [2.24, 2.45) is 11.8 Å². The summed E-state index contributed by atoms with van der Waals surface area (Å²) in [7, 11) is 1.35. The average molecular weight is 309 g/mol. The van der Waals surface area contributed by atoms with Gasteiger partial charge in [0.2, 0.25) is 5.91 Å². The first kappa shape index (κ1) is 15.5. The Labute approximate surface area is 130 Å². The lowest BCUT2D eigenvalue weighted by molar-refractivity contribution is -0.151. The Kier molecular flexibility index (Phi) is 3.99. The van der Waals surface area contributed by atoms with E-state index in [0.717, 1.165) is 6.42 Å². The molecule has 0 aliphatic carbocycles. The standard InChI is InChI=1S/C16H23NO5/c1-10(2)21-8-4-7-17-9-16-6-5-11(22-16)12(15(19)20-3)13(16)14(17)18/h5-6,10-13H,4,7-9H2,1-3H3/t11-,12-,13+,16-/m1/s1. The van der Waals surface area contributed by atoms with E-state index < -0.39 is 17.4 Å². The van der Waals surface area contributed by atoms with E-state index in [2.05, 4.69) is 0 Å². The van der Waals surface area contributed by atoms with Gasteiger partial charge >= 0.3 is 5.97 Å². The van der Waals surface area contributed by atoms with Gasteiger partial charge in [0.05, 0.1) is 31.8 Å². The van der Waals surface area contributed by atoms with E-state index in [-0.39, 0.29) is 24.1 Å². The van der Waals surface area contributed by atoms with Crippen molar-refractivity contribution < 1.29 is 23.8 Å². The number of likely N-dealkylation sites (tertiary alicyclic amines) is 1. The van der Waals surface area contributed by atoms with Gasteiger partial charge in [0.1, 0.15) is 11.5 Å². The molecule has 6 nitrogen and oxygen atoms in total. The zero-order chi connectivity index (χ0) is 15.9. The number of carbonyl (C=O) groups excluding carboxylic acids is 2. The van der Waals surface area contributed by atoms with E-state index >= 15 is 0 Å². The first-order valence-electron chi connectivity index (χ1n) is 7.84. The largest absolute Gasteiger partial charge is 0.469 e. The van der Waals surface area contributed by atoms with Crippen molar-refractivity contribution in [1.29, 1.82) is 0 Å². The highest BCUT2D eigenvalue weighted by atomic mass is 16.5. The number of fused-ring (bicyclic) bond motifs is 1. The second-order valence-electron chi connectivity index (χ2n) is 6.46. The molecule has 1 amide bonds. The lowest BCUT2D eigenvalue weighted by Gasteiger charge is -2.22. The summed E-state index contributed by atoms with van der Waals surface area (Å²) in [6, 6.07) is 0. The number of ether oxygens (including phenoxy) is 3. The fraction of sp³-hybridized carbons (Fsp3) is 0.750. The van der Waals surface area contributed by atoms with Gasteiger partial charge in [-0.05, 0) is 20.3 Å². The highest BCUT2D eigenvalue weighted by molar-refractivity contribution is 5.91. The van der Waals surface area contributed by atoms with Gasteiger partial charge in [-0.3, -0.25) is 9.59 Å². The number of nitrogens with zero attached hydrogens (tertiary/aromatic N) is 1. The Morgan fingerprint density at radius 3 is 3.00 bits per heavy atom. The fourth-order valence-corrected chi connectivity index (χ4v) is 3.75. The SMILES string of the molecule is COC(=O)[C@H]1[C@H]2C(=O)N(CCCOC(C)C)C[C@]23C=C[C@H]1O3. The molecule has 0 aromatic heterocycles. The molecule has 3 aliphatic rings. The molecule has 6 heteroatoms. The van der Waals surface area contributed by atoms with Gasteiger partial charge in [0.15, 0.2) is 0 Å². The van der Waals surface area contributed by atoms with Gasteiger partial charge in [0.25, 0.3) is 0 Å². The van der Waals surface area contributed by atoms with E-state index in [1.54, 1.807) is 4.90 Å². The van der Waals surface area contributed by atoms with Crippen LogP contribution in [-0.2, 0) is 23.8 Å². The van der Waals surface area contributed by atoms with Crippen molar-refractivity contribution in [1.82, 2.24) is 4.90 Å². The number of hydrogen-bond donors (Lipinski definition) is 0. The summed E-state index contributed by atoms with van der Waals surface area (Å²) in [5, 5.41) is 0. The minimum atomic E-state index is -0.639. The molecule has 2 bridgehead atoms. The molecule has 2 saturated heterocycles. The first-order valence-corrected chi connectivity index (χ1v) is 7.84. The molecule has 4 atom stereocenters. The van der Waals surface area contributed by atoms with Gasteiger partial charge in [-0.25, -0.2) is 0 Å². The van der Waals surface area contributed by atoms with Gasteiger partial charge < -0.3 is 19.1 Å². The predicted octanol–water partition coefficient (Wildman–Crippen LogP) is 0.757. The molecule has 22 heavy (non-hydrogen) atoms. The van der Waals surface area contributed by atoms with Crippen LogP contribution in [0.3, 0.4) is 0 Å². The van der Waals surface area contributed by atoms with Crippen LogP contribution in [0.2, 0.25) is 0 Å². The molecule has 0 aromatic rings. The van der Waals surface area contributed by atoms with Crippen molar-refractivity contribution in [3.8, 4) is 0 Å². The van der Waals surface area contributed by atoms with Crippen LogP contribution in [0.4, 0.5) is 0 Å². The zero-order valence-electron chi connectivity index (χ0n) is 13.3. The van der Waals surface area contributed by atoms with Crippen molar-refractivity contribution in [2.45, 2.75) is 38.1 Å².